The van der Waals surface area contributed by atoms with Crippen molar-refractivity contribution < 1.29 is 14.3 Å². The van der Waals surface area contributed by atoms with E-state index in [2.05, 4.69) is 19.2 Å². The van der Waals surface area contributed by atoms with Crippen LogP contribution in [0.25, 0.3) is 11.7 Å². The second-order valence-electron chi connectivity index (χ2n) is 9.08. The summed E-state index contributed by atoms with van der Waals surface area (Å²) < 4.78 is 6.18. The monoisotopic (exact) mass is 494 g/mol. The van der Waals surface area contributed by atoms with Gasteiger partial charge in [0.25, 0.3) is 5.56 Å². The van der Waals surface area contributed by atoms with Crippen LogP contribution in [0.3, 0.4) is 0 Å². The average Bonchev–Trinajstić information content (AvgIpc) is 3.36. The quantitative estimate of drug-likeness (QED) is 0.268. The smallest absolute Gasteiger partial charge is 0.330 e. The van der Waals surface area contributed by atoms with E-state index in [0.717, 1.165) is 48.2 Å². The number of thiazole rings is 1. The molecule has 1 fully saturated rings. The van der Waals surface area contributed by atoms with E-state index < -0.39 is 5.97 Å². The number of aryl methyl sites for hydroxylation is 2. The first-order valence-electron chi connectivity index (χ1n) is 11.9. The Balaban J connectivity index is 1.69. The number of fused-ring (bicyclic) bond motifs is 1. The summed E-state index contributed by atoms with van der Waals surface area (Å²) in [4.78, 5) is 48.1. The summed E-state index contributed by atoms with van der Waals surface area (Å²) in [7, 11) is 1.29. The van der Waals surface area contributed by atoms with E-state index in [9.17, 15) is 14.4 Å². The minimum atomic E-state index is -0.553. The van der Waals surface area contributed by atoms with E-state index in [1.165, 1.54) is 23.7 Å². The van der Waals surface area contributed by atoms with E-state index in [1.54, 1.807) is 17.5 Å². The van der Waals surface area contributed by atoms with Gasteiger partial charge in [-0.25, -0.2) is 14.8 Å². The first kappa shape index (κ1) is 24.8. The van der Waals surface area contributed by atoms with Crippen LogP contribution in [0.2, 0.25) is 0 Å². The number of rotatable bonds is 8. The van der Waals surface area contributed by atoms with Crippen LogP contribution in [0.15, 0.2) is 34.6 Å². The molecule has 1 saturated heterocycles. The van der Waals surface area contributed by atoms with Crippen LogP contribution in [0.4, 0.5) is 5.82 Å². The molecule has 0 spiro atoms. The molecule has 9 heteroatoms. The van der Waals surface area contributed by atoms with Crippen LogP contribution in [-0.2, 0) is 27.2 Å². The molecule has 3 aromatic rings. The van der Waals surface area contributed by atoms with Crippen molar-refractivity contribution in [3.63, 3.8) is 0 Å². The van der Waals surface area contributed by atoms with Crippen LogP contribution in [0.5, 0.6) is 0 Å². The van der Waals surface area contributed by atoms with E-state index in [0.29, 0.717) is 36.0 Å². The van der Waals surface area contributed by atoms with Gasteiger partial charge in [0.05, 0.1) is 23.4 Å². The van der Waals surface area contributed by atoms with Crippen molar-refractivity contribution in [2.24, 2.45) is 5.92 Å². The second-order valence-corrected chi connectivity index (χ2v) is 10.0. The molecule has 1 aliphatic rings. The predicted molar refractivity (Wildman–Crippen MR) is 137 cm³/mol. The van der Waals surface area contributed by atoms with Crippen molar-refractivity contribution in [2.45, 2.75) is 45.4 Å². The number of esters is 1. The number of hydrogen-bond acceptors (Lipinski definition) is 8. The molecule has 0 amide bonds. The van der Waals surface area contributed by atoms with E-state index in [4.69, 9.17) is 14.7 Å². The van der Waals surface area contributed by atoms with E-state index >= 15 is 0 Å². The van der Waals surface area contributed by atoms with Gasteiger partial charge in [0.2, 0.25) is 0 Å². The molecule has 1 unspecified atom stereocenters. The van der Waals surface area contributed by atoms with Crippen molar-refractivity contribution in [3.8, 4) is 0 Å². The maximum Gasteiger partial charge on any atom is 0.330 e. The summed E-state index contributed by atoms with van der Waals surface area (Å²) in [5.41, 5.74) is 2.74. The lowest BCUT2D eigenvalue weighted by Gasteiger charge is -2.32. The van der Waals surface area contributed by atoms with Gasteiger partial charge in [-0.05, 0) is 49.0 Å². The van der Waals surface area contributed by atoms with Crippen molar-refractivity contribution in [3.05, 3.63) is 62.0 Å². The molecule has 4 heterocycles. The molecular formula is C26H30N4O4S. The summed E-state index contributed by atoms with van der Waals surface area (Å²) in [5.74, 6) is 0.233. The summed E-state index contributed by atoms with van der Waals surface area (Å²) in [5, 5.41) is 3.21. The third-order valence-electron chi connectivity index (χ3n) is 6.24. The summed E-state index contributed by atoms with van der Waals surface area (Å²) >= 11 is 1.68. The Morgan fingerprint density at radius 2 is 2.14 bits per heavy atom. The highest BCUT2D eigenvalue weighted by atomic mass is 32.1. The molecule has 4 rings (SSSR count). The highest BCUT2D eigenvalue weighted by Crippen LogP contribution is 2.25. The minimum absolute atomic E-state index is 0.109. The lowest BCUT2D eigenvalue weighted by atomic mass is 9.99. The van der Waals surface area contributed by atoms with Crippen LogP contribution in [0, 0.1) is 5.92 Å². The van der Waals surface area contributed by atoms with Gasteiger partial charge in [0.15, 0.2) is 0 Å². The molecule has 1 aliphatic heterocycles. The van der Waals surface area contributed by atoms with Crippen molar-refractivity contribution in [1.82, 2.24) is 14.4 Å². The van der Waals surface area contributed by atoms with Gasteiger partial charge in [-0.15, -0.1) is 11.3 Å². The van der Waals surface area contributed by atoms with E-state index in [-0.39, 0.29) is 11.5 Å². The van der Waals surface area contributed by atoms with Gasteiger partial charge >= 0.3 is 5.97 Å². The molecular weight excluding hydrogens is 464 g/mol. The van der Waals surface area contributed by atoms with Gasteiger partial charge < -0.3 is 14.4 Å². The fourth-order valence-corrected chi connectivity index (χ4v) is 5.17. The van der Waals surface area contributed by atoms with E-state index in [1.807, 2.05) is 17.0 Å². The predicted octanol–water partition coefficient (Wildman–Crippen LogP) is 3.66. The Morgan fingerprint density at radius 3 is 2.86 bits per heavy atom. The Hall–Kier alpha value is -3.33. The van der Waals surface area contributed by atoms with Crippen LogP contribution in [-0.4, -0.2) is 46.8 Å². The lowest BCUT2D eigenvalue weighted by molar-refractivity contribution is -0.134. The molecule has 8 nitrogen and oxygen atoms in total. The maximum absolute atomic E-state index is 13.4. The van der Waals surface area contributed by atoms with Crippen molar-refractivity contribution in [1.29, 1.82) is 0 Å². The Bertz CT molecular complexity index is 1310. The number of methoxy groups -OCH3 is 1. The number of carbonyl (C=O) groups is 2. The molecule has 1 atom stereocenters. The largest absolute Gasteiger partial charge is 0.466 e. The van der Waals surface area contributed by atoms with Crippen molar-refractivity contribution in [2.75, 3.05) is 25.1 Å². The number of aromatic nitrogens is 3. The fraction of sp³-hybridized carbons (Fsp3) is 0.423. The number of nitrogens with zero attached hydrogens (tertiary/aromatic N) is 4. The molecule has 0 N–H and O–H groups in total. The average molecular weight is 495 g/mol. The van der Waals surface area contributed by atoms with Crippen LogP contribution in [0.1, 0.15) is 54.4 Å². The number of pyridine rings is 1. The first-order valence-corrected chi connectivity index (χ1v) is 12.7. The zero-order valence-electron chi connectivity index (χ0n) is 20.3. The fourth-order valence-electron chi connectivity index (χ4n) is 4.21. The van der Waals surface area contributed by atoms with Gasteiger partial charge in [-0.1, -0.05) is 13.8 Å². The van der Waals surface area contributed by atoms with Crippen LogP contribution < -0.4 is 10.5 Å². The zero-order valence-corrected chi connectivity index (χ0v) is 21.1. The summed E-state index contributed by atoms with van der Waals surface area (Å²) in [6.07, 6.45) is 8.62. The molecule has 0 radical (unpaired) electrons. The lowest BCUT2D eigenvalue weighted by Crippen LogP contribution is -2.38. The Kier molecular flexibility index (Phi) is 7.75. The van der Waals surface area contributed by atoms with Crippen molar-refractivity contribution >= 4 is 41.1 Å². The standard InChI is InChI=1S/C26H30N4O4S/c1-17(2)21-16-35-23(27-21)8-6-18-10-12-30-22(13-18)28-25(29-11-4-5-19(14-29)15-31)20(26(30)33)7-9-24(32)34-3/h7,9-10,12-13,15-17,19H,4-6,8,11,14H2,1-3H3/b9-7+. The van der Waals surface area contributed by atoms with Crippen LogP contribution >= 0.6 is 11.3 Å². The third-order valence-corrected chi connectivity index (χ3v) is 7.16. The minimum Gasteiger partial charge on any atom is -0.466 e. The number of anilines is 1. The highest BCUT2D eigenvalue weighted by molar-refractivity contribution is 7.09. The first-order chi connectivity index (χ1) is 16.9. The molecule has 0 aliphatic carbocycles. The van der Waals surface area contributed by atoms with Gasteiger partial charge in [0.1, 0.15) is 17.8 Å². The molecule has 184 valence electrons. The summed E-state index contributed by atoms with van der Waals surface area (Å²) in [6, 6.07) is 3.85. The number of hydrogen-bond donors (Lipinski definition) is 0. The molecule has 0 bridgehead atoms. The number of piperidine rings is 1. The molecule has 35 heavy (non-hydrogen) atoms. The van der Waals surface area contributed by atoms with Gasteiger partial charge in [-0.3, -0.25) is 9.20 Å². The number of ether oxygens (including phenoxy) is 1. The highest BCUT2D eigenvalue weighted by Gasteiger charge is 2.24. The maximum atomic E-state index is 13.4. The number of aldehydes is 1. The normalized spacial score (nSPS) is 16.3. The topological polar surface area (TPSA) is 93.9 Å². The summed E-state index contributed by atoms with van der Waals surface area (Å²) in [6.45, 7) is 5.45. The Morgan fingerprint density at radius 1 is 1.31 bits per heavy atom. The molecule has 3 aromatic heterocycles. The molecule has 0 saturated carbocycles. The molecule has 0 aromatic carbocycles. The SMILES string of the molecule is COC(=O)/C=C/c1c(N2CCCC(C=O)C2)nc2cc(CCc3nc(C(C)C)cs3)ccn2c1=O. The second kappa shape index (κ2) is 10.9. The third kappa shape index (κ3) is 5.67. The van der Waals surface area contributed by atoms with Gasteiger partial charge in [-0.2, -0.15) is 0 Å². The Labute approximate surface area is 208 Å². The zero-order chi connectivity index (χ0) is 24.9. The number of carbonyl (C=O) groups excluding carboxylic acids is 2. The van der Waals surface area contributed by atoms with Gasteiger partial charge in [0, 0.05) is 43.1 Å².